The summed E-state index contributed by atoms with van der Waals surface area (Å²) >= 11 is 0. The van der Waals surface area contributed by atoms with Crippen molar-refractivity contribution >= 4 is 6.03 Å². The van der Waals surface area contributed by atoms with E-state index in [-0.39, 0.29) is 18.9 Å². The topological polar surface area (TPSA) is 79.8 Å². The average molecular weight is 306 g/mol. The standard InChI is InChI=1S/C16H22N2O4/c19-13-5-1-3-11(7-13)8-17-16(20)18-9-12-4-2-6-14-15(12)22-10-21-14/h2,4,6,11,13,19H,1,3,5,7-10H2,(H2,17,18,20). The van der Waals surface area contributed by atoms with Crippen LogP contribution in [-0.2, 0) is 6.54 Å². The number of amides is 2. The number of nitrogens with one attached hydrogen (secondary N) is 2. The van der Waals surface area contributed by atoms with E-state index in [0.717, 1.165) is 37.0 Å². The van der Waals surface area contributed by atoms with E-state index in [0.29, 0.717) is 24.8 Å². The lowest BCUT2D eigenvalue weighted by molar-refractivity contribution is 0.101. The van der Waals surface area contributed by atoms with Crippen molar-refractivity contribution in [1.82, 2.24) is 10.6 Å². The number of rotatable bonds is 4. The first kappa shape index (κ1) is 15.0. The Morgan fingerprint density at radius 1 is 1.27 bits per heavy atom. The van der Waals surface area contributed by atoms with Crippen LogP contribution in [-0.4, -0.2) is 30.6 Å². The Balaban J connectivity index is 1.44. The molecular weight excluding hydrogens is 284 g/mol. The molecule has 1 aromatic carbocycles. The Labute approximate surface area is 129 Å². The maximum Gasteiger partial charge on any atom is 0.315 e. The van der Waals surface area contributed by atoms with Gasteiger partial charge >= 0.3 is 6.03 Å². The second kappa shape index (κ2) is 6.87. The summed E-state index contributed by atoms with van der Waals surface area (Å²) in [6.07, 6.45) is 3.53. The van der Waals surface area contributed by atoms with Crippen LogP contribution in [0.25, 0.3) is 0 Å². The molecule has 2 amide bonds. The third kappa shape index (κ3) is 3.62. The molecule has 120 valence electrons. The second-order valence-electron chi connectivity index (χ2n) is 5.90. The summed E-state index contributed by atoms with van der Waals surface area (Å²) in [5.41, 5.74) is 0.901. The molecule has 1 fully saturated rings. The number of para-hydroxylation sites is 1. The van der Waals surface area contributed by atoms with Crippen LogP contribution in [0.4, 0.5) is 4.79 Å². The number of ether oxygens (including phenoxy) is 2. The van der Waals surface area contributed by atoms with Gasteiger partial charge in [0.05, 0.1) is 6.10 Å². The molecule has 0 spiro atoms. The number of aliphatic hydroxyl groups excluding tert-OH is 1. The van der Waals surface area contributed by atoms with Crippen molar-refractivity contribution in [3.63, 3.8) is 0 Å². The van der Waals surface area contributed by atoms with Gasteiger partial charge in [-0.1, -0.05) is 18.6 Å². The number of carbonyl (C=O) groups excluding carboxylic acids is 1. The normalized spacial score (nSPS) is 23.1. The van der Waals surface area contributed by atoms with E-state index < -0.39 is 0 Å². The molecule has 2 atom stereocenters. The molecule has 1 aliphatic carbocycles. The van der Waals surface area contributed by atoms with E-state index in [4.69, 9.17) is 9.47 Å². The minimum absolute atomic E-state index is 0.198. The quantitative estimate of drug-likeness (QED) is 0.792. The van der Waals surface area contributed by atoms with Crippen LogP contribution in [0.1, 0.15) is 31.2 Å². The van der Waals surface area contributed by atoms with Gasteiger partial charge < -0.3 is 25.2 Å². The van der Waals surface area contributed by atoms with Crippen molar-refractivity contribution in [2.75, 3.05) is 13.3 Å². The largest absolute Gasteiger partial charge is 0.454 e. The van der Waals surface area contributed by atoms with Crippen molar-refractivity contribution < 1.29 is 19.4 Å². The number of hydrogen-bond donors (Lipinski definition) is 3. The van der Waals surface area contributed by atoms with Crippen LogP contribution in [0, 0.1) is 5.92 Å². The third-order valence-electron chi connectivity index (χ3n) is 4.22. The highest BCUT2D eigenvalue weighted by atomic mass is 16.7. The molecule has 0 bridgehead atoms. The molecular formula is C16H22N2O4. The molecule has 0 saturated heterocycles. The maximum absolute atomic E-state index is 11.9. The van der Waals surface area contributed by atoms with Crippen LogP contribution in [0.15, 0.2) is 18.2 Å². The zero-order valence-corrected chi connectivity index (χ0v) is 12.5. The van der Waals surface area contributed by atoms with Gasteiger partial charge in [-0.3, -0.25) is 0 Å². The van der Waals surface area contributed by atoms with Crippen molar-refractivity contribution in [3.8, 4) is 11.5 Å². The molecule has 0 aromatic heterocycles. The fraction of sp³-hybridized carbons (Fsp3) is 0.562. The van der Waals surface area contributed by atoms with Gasteiger partial charge in [-0.2, -0.15) is 0 Å². The van der Waals surface area contributed by atoms with Gasteiger partial charge in [0.2, 0.25) is 6.79 Å². The molecule has 6 heteroatoms. The number of hydrogen-bond acceptors (Lipinski definition) is 4. The zero-order valence-electron chi connectivity index (χ0n) is 12.5. The fourth-order valence-electron chi connectivity index (χ4n) is 3.05. The summed E-state index contributed by atoms with van der Waals surface area (Å²) in [6.45, 7) is 1.23. The van der Waals surface area contributed by atoms with E-state index in [9.17, 15) is 9.90 Å². The molecule has 1 aliphatic heterocycles. The number of carbonyl (C=O) groups is 1. The molecule has 22 heavy (non-hydrogen) atoms. The molecule has 0 radical (unpaired) electrons. The minimum atomic E-state index is -0.215. The van der Waals surface area contributed by atoms with E-state index in [2.05, 4.69) is 10.6 Å². The first-order valence-corrected chi connectivity index (χ1v) is 7.79. The first-order chi connectivity index (χ1) is 10.7. The maximum atomic E-state index is 11.9. The average Bonchev–Trinajstić information content (AvgIpc) is 3.00. The van der Waals surface area contributed by atoms with Gasteiger partial charge in [0.15, 0.2) is 11.5 Å². The molecule has 3 N–H and O–H groups in total. The van der Waals surface area contributed by atoms with E-state index >= 15 is 0 Å². The number of aliphatic hydroxyl groups is 1. The van der Waals surface area contributed by atoms with Gasteiger partial charge in [0, 0.05) is 18.7 Å². The van der Waals surface area contributed by atoms with Gasteiger partial charge in [-0.15, -0.1) is 0 Å². The Kier molecular flexibility index (Phi) is 4.68. The zero-order chi connectivity index (χ0) is 15.4. The predicted octanol–water partition coefficient (Wildman–Crippen LogP) is 1.77. The predicted molar refractivity (Wildman–Crippen MR) is 80.8 cm³/mol. The lowest BCUT2D eigenvalue weighted by Gasteiger charge is -2.25. The number of fused-ring (bicyclic) bond motifs is 1. The Hall–Kier alpha value is -1.95. The summed E-state index contributed by atoms with van der Waals surface area (Å²) < 4.78 is 10.7. The highest BCUT2D eigenvalue weighted by Crippen LogP contribution is 2.35. The van der Waals surface area contributed by atoms with Gasteiger partial charge in [0.25, 0.3) is 0 Å². The lowest BCUT2D eigenvalue weighted by Crippen LogP contribution is -2.39. The number of urea groups is 1. The molecule has 3 rings (SSSR count). The third-order valence-corrected chi connectivity index (χ3v) is 4.22. The summed E-state index contributed by atoms with van der Waals surface area (Å²) in [5, 5.41) is 15.3. The summed E-state index contributed by atoms with van der Waals surface area (Å²) in [4.78, 5) is 11.9. The monoisotopic (exact) mass is 306 g/mol. The molecule has 6 nitrogen and oxygen atoms in total. The van der Waals surface area contributed by atoms with Gasteiger partial charge in [-0.05, 0) is 31.2 Å². The van der Waals surface area contributed by atoms with Crippen LogP contribution in [0.3, 0.4) is 0 Å². The van der Waals surface area contributed by atoms with Crippen LogP contribution in [0.2, 0.25) is 0 Å². The molecule has 2 unspecified atom stereocenters. The second-order valence-corrected chi connectivity index (χ2v) is 5.90. The lowest BCUT2D eigenvalue weighted by atomic mass is 9.87. The van der Waals surface area contributed by atoms with Crippen molar-refractivity contribution in [2.24, 2.45) is 5.92 Å². The van der Waals surface area contributed by atoms with Gasteiger partial charge in [0.1, 0.15) is 0 Å². The number of benzene rings is 1. The highest BCUT2D eigenvalue weighted by molar-refractivity contribution is 5.74. The van der Waals surface area contributed by atoms with Crippen molar-refractivity contribution in [3.05, 3.63) is 23.8 Å². The van der Waals surface area contributed by atoms with E-state index in [1.807, 2.05) is 18.2 Å². The van der Waals surface area contributed by atoms with Crippen molar-refractivity contribution in [1.29, 1.82) is 0 Å². The highest BCUT2D eigenvalue weighted by Gasteiger charge is 2.21. The summed E-state index contributed by atoms with van der Waals surface area (Å²) in [7, 11) is 0. The Morgan fingerprint density at radius 2 is 2.18 bits per heavy atom. The summed E-state index contributed by atoms with van der Waals surface area (Å²) in [5.74, 6) is 1.79. The summed E-state index contributed by atoms with van der Waals surface area (Å²) in [6, 6.07) is 5.44. The smallest absolute Gasteiger partial charge is 0.315 e. The van der Waals surface area contributed by atoms with Crippen LogP contribution < -0.4 is 20.1 Å². The van der Waals surface area contributed by atoms with Crippen LogP contribution in [0.5, 0.6) is 11.5 Å². The molecule has 1 aromatic rings. The Bertz CT molecular complexity index is 535. The van der Waals surface area contributed by atoms with Gasteiger partial charge in [-0.25, -0.2) is 4.79 Å². The minimum Gasteiger partial charge on any atom is -0.454 e. The SMILES string of the molecule is O=C(NCc1cccc2c1OCO2)NCC1CCCC(O)C1. The molecule has 1 saturated carbocycles. The van der Waals surface area contributed by atoms with Crippen molar-refractivity contribution in [2.45, 2.75) is 38.3 Å². The molecule has 2 aliphatic rings. The molecule has 1 heterocycles. The van der Waals surface area contributed by atoms with E-state index in [1.165, 1.54) is 0 Å². The first-order valence-electron chi connectivity index (χ1n) is 7.79. The fourth-order valence-corrected chi connectivity index (χ4v) is 3.05. The Morgan fingerprint density at radius 3 is 3.05 bits per heavy atom. The van der Waals surface area contributed by atoms with E-state index in [1.54, 1.807) is 0 Å². The van der Waals surface area contributed by atoms with Crippen LogP contribution >= 0.6 is 0 Å².